The maximum atomic E-state index is 13.4. The molecule has 0 saturated carbocycles. The number of rotatable bonds is 4. The van der Waals surface area contributed by atoms with E-state index < -0.39 is 29.4 Å². The number of hydrogen-bond donors (Lipinski definition) is 1. The van der Waals surface area contributed by atoms with Crippen molar-refractivity contribution < 1.29 is 18.0 Å². The van der Waals surface area contributed by atoms with E-state index in [0.29, 0.717) is 5.69 Å². The number of alkyl halides is 3. The summed E-state index contributed by atoms with van der Waals surface area (Å²) in [5, 5.41) is 2.74. The Kier molecular flexibility index (Phi) is 5.46. The Bertz CT molecular complexity index is 1140. The number of aromatic nitrogens is 2. The Morgan fingerprint density at radius 3 is 2.48 bits per heavy atom. The van der Waals surface area contributed by atoms with Gasteiger partial charge in [-0.1, -0.05) is 36.8 Å². The van der Waals surface area contributed by atoms with Crippen molar-refractivity contribution in [1.29, 1.82) is 0 Å². The maximum Gasteiger partial charge on any atom is 0.438 e. The lowest BCUT2D eigenvalue weighted by Crippen LogP contribution is -2.37. The molecule has 0 aliphatic carbocycles. The van der Waals surface area contributed by atoms with Crippen LogP contribution in [0.2, 0.25) is 0 Å². The van der Waals surface area contributed by atoms with Gasteiger partial charge in [-0.2, -0.15) is 13.2 Å². The van der Waals surface area contributed by atoms with Crippen molar-refractivity contribution in [3.05, 3.63) is 69.6 Å². The van der Waals surface area contributed by atoms with Crippen molar-refractivity contribution in [3.8, 4) is 0 Å². The quantitative estimate of drug-likeness (QED) is 0.691. The zero-order valence-electron chi connectivity index (χ0n) is 16.2. The molecule has 0 saturated heterocycles. The van der Waals surface area contributed by atoms with Crippen molar-refractivity contribution >= 4 is 22.6 Å². The number of para-hydroxylation sites is 2. The van der Waals surface area contributed by atoms with Crippen LogP contribution in [-0.2, 0) is 11.0 Å². The summed E-state index contributed by atoms with van der Waals surface area (Å²) >= 11 is 0. The van der Waals surface area contributed by atoms with Crippen molar-refractivity contribution in [2.75, 3.05) is 5.32 Å². The summed E-state index contributed by atoms with van der Waals surface area (Å²) < 4.78 is 41.1. The van der Waals surface area contributed by atoms with Crippen LogP contribution in [0.3, 0.4) is 0 Å². The Morgan fingerprint density at radius 2 is 1.86 bits per heavy atom. The Hall–Kier alpha value is -3.16. The van der Waals surface area contributed by atoms with Crippen LogP contribution in [0.4, 0.5) is 18.9 Å². The van der Waals surface area contributed by atoms with E-state index in [4.69, 9.17) is 0 Å². The minimum atomic E-state index is -4.93. The van der Waals surface area contributed by atoms with E-state index in [-0.39, 0.29) is 17.5 Å². The molecule has 0 fully saturated rings. The summed E-state index contributed by atoms with van der Waals surface area (Å²) in [7, 11) is 0. The number of fused-ring (bicyclic) bond motifs is 1. The van der Waals surface area contributed by atoms with Crippen molar-refractivity contribution in [1.82, 2.24) is 9.55 Å². The summed E-state index contributed by atoms with van der Waals surface area (Å²) in [5.74, 6) is -0.564. The van der Waals surface area contributed by atoms with Gasteiger partial charge in [0.15, 0.2) is 0 Å². The first-order valence-electron chi connectivity index (χ1n) is 9.10. The molecular weight excluding hydrogens is 383 g/mol. The lowest BCUT2D eigenvalue weighted by Gasteiger charge is -2.22. The fourth-order valence-electron chi connectivity index (χ4n) is 3.30. The molecule has 0 spiro atoms. The number of carbonyl (C=O) groups is 1. The van der Waals surface area contributed by atoms with Crippen LogP contribution in [0, 0.1) is 13.8 Å². The Balaban J connectivity index is 2.14. The van der Waals surface area contributed by atoms with E-state index in [1.807, 2.05) is 26.0 Å². The third-order valence-corrected chi connectivity index (χ3v) is 4.70. The number of carbonyl (C=O) groups excluding carboxylic acids is 1. The van der Waals surface area contributed by atoms with Gasteiger partial charge in [-0.05, 0) is 44.0 Å². The topological polar surface area (TPSA) is 64.0 Å². The van der Waals surface area contributed by atoms with Gasteiger partial charge in [-0.25, -0.2) is 4.98 Å². The van der Waals surface area contributed by atoms with Crippen molar-refractivity contribution in [2.24, 2.45) is 0 Å². The predicted octanol–water partition coefficient (Wildman–Crippen LogP) is 4.62. The van der Waals surface area contributed by atoms with Gasteiger partial charge < -0.3 is 5.32 Å². The largest absolute Gasteiger partial charge is 0.438 e. The predicted molar refractivity (Wildman–Crippen MR) is 105 cm³/mol. The second-order valence-corrected chi connectivity index (χ2v) is 6.85. The van der Waals surface area contributed by atoms with Crippen molar-refractivity contribution in [2.45, 2.75) is 39.4 Å². The number of anilines is 1. The SMILES string of the molecule is CC[C@@H](C(=O)Nc1ccc(C)cc1C)n1c(=O)c(C(F)(F)F)nc2ccccc21. The Morgan fingerprint density at radius 1 is 1.17 bits per heavy atom. The van der Waals surface area contributed by atoms with Gasteiger partial charge in [0.1, 0.15) is 6.04 Å². The maximum absolute atomic E-state index is 13.4. The second-order valence-electron chi connectivity index (χ2n) is 6.85. The molecule has 1 aromatic heterocycles. The lowest BCUT2D eigenvalue weighted by atomic mass is 10.1. The molecule has 1 atom stereocenters. The third kappa shape index (κ3) is 4.01. The zero-order chi connectivity index (χ0) is 21.3. The summed E-state index contributed by atoms with van der Waals surface area (Å²) in [4.78, 5) is 29.2. The van der Waals surface area contributed by atoms with E-state index in [1.54, 1.807) is 19.1 Å². The standard InChI is InChI=1S/C21H20F3N3O2/c1-4-16(19(28)26-14-10-9-12(2)11-13(14)3)27-17-8-6-5-7-15(17)25-18(20(27)29)21(22,23)24/h5-11,16H,4H2,1-3H3,(H,26,28)/t16-/m0/s1. The Labute approximate surface area is 165 Å². The van der Waals surface area contributed by atoms with Gasteiger partial charge in [0.25, 0.3) is 5.56 Å². The van der Waals surface area contributed by atoms with Gasteiger partial charge >= 0.3 is 6.18 Å². The minimum absolute atomic E-state index is 0.00260. The highest BCUT2D eigenvalue weighted by Gasteiger charge is 2.38. The monoisotopic (exact) mass is 403 g/mol. The van der Waals surface area contributed by atoms with E-state index >= 15 is 0 Å². The summed E-state index contributed by atoms with van der Waals surface area (Å²) in [5.41, 5.74) is -0.325. The molecule has 1 N–H and O–H groups in total. The number of nitrogens with one attached hydrogen (secondary N) is 1. The normalized spacial score (nSPS) is 12.8. The van der Waals surface area contributed by atoms with Crippen molar-refractivity contribution in [3.63, 3.8) is 0 Å². The van der Waals surface area contributed by atoms with Crippen LogP contribution >= 0.6 is 0 Å². The van der Waals surface area contributed by atoms with Gasteiger partial charge in [-0.3, -0.25) is 14.2 Å². The fraction of sp³-hybridized carbons (Fsp3) is 0.286. The molecule has 2 aromatic carbocycles. The fourth-order valence-corrected chi connectivity index (χ4v) is 3.30. The van der Waals surface area contributed by atoms with Crippen LogP contribution in [0.5, 0.6) is 0 Å². The molecule has 1 amide bonds. The van der Waals surface area contributed by atoms with Gasteiger partial charge in [0, 0.05) is 5.69 Å². The van der Waals surface area contributed by atoms with E-state index in [1.165, 1.54) is 18.2 Å². The first-order valence-corrected chi connectivity index (χ1v) is 9.10. The average Bonchev–Trinajstić information content (AvgIpc) is 2.65. The molecule has 152 valence electrons. The molecule has 0 radical (unpaired) electrons. The zero-order valence-corrected chi connectivity index (χ0v) is 16.2. The number of hydrogen-bond acceptors (Lipinski definition) is 3. The highest BCUT2D eigenvalue weighted by atomic mass is 19.4. The number of nitrogens with zero attached hydrogens (tertiary/aromatic N) is 2. The van der Waals surface area contributed by atoms with Gasteiger partial charge in [0.2, 0.25) is 11.6 Å². The summed E-state index contributed by atoms with van der Waals surface area (Å²) in [6.07, 6.45) is -4.80. The first-order chi connectivity index (χ1) is 13.6. The van der Waals surface area contributed by atoms with E-state index in [0.717, 1.165) is 15.7 Å². The number of aryl methyl sites for hydroxylation is 2. The lowest BCUT2D eigenvalue weighted by molar-refractivity contribution is -0.142. The summed E-state index contributed by atoms with van der Waals surface area (Å²) in [6.45, 7) is 5.37. The van der Waals surface area contributed by atoms with E-state index in [2.05, 4.69) is 10.3 Å². The number of halogens is 3. The molecule has 3 rings (SSSR count). The molecule has 1 heterocycles. The van der Waals surface area contributed by atoms with Gasteiger partial charge in [-0.15, -0.1) is 0 Å². The first kappa shape index (κ1) is 20.6. The van der Waals surface area contributed by atoms with Crippen LogP contribution in [0.25, 0.3) is 11.0 Å². The molecule has 0 unspecified atom stereocenters. The molecule has 8 heteroatoms. The molecule has 5 nitrogen and oxygen atoms in total. The second kappa shape index (κ2) is 7.69. The highest BCUT2D eigenvalue weighted by molar-refractivity contribution is 5.95. The molecule has 3 aromatic rings. The van der Waals surface area contributed by atoms with Crippen LogP contribution in [0.1, 0.15) is 36.2 Å². The molecule has 0 bridgehead atoms. The van der Waals surface area contributed by atoms with Crippen LogP contribution in [-0.4, -0.2) is 15.5 Å². The van der Waals surface area contributed by atoms with E-state index in [9.17, 15) is 22.8 Å². The van der Waals surface area contributed by atoms with Crippen LogP contribution < -0.4 is 10.9 Å². The molecule has 29 heavy (non-hydrogen) atoms. The van der Waals surface area contributed by atoms with Crippen LogP contribution in [0.15, 0.2) is 47.3 Å². The minimum Gasteiger partial charge on any atom is -0.324 e. The number of amides is 1. The molecule has 0 aliphatic rings. The number of benzene rings is 2. The average molecular weight is 403 g/mol. The third-order valence-electron chi connectivity index (χ3n) is 4.70. The molecular formula is C21H20F3N3O2. The van der Waals surface area contributed by atoms with Gasteiger partial charge in [0.05, 0.1) is 11.0 Å². The summed E-state index contributed by atoms with van der Waals surface area (Å²) in [6, 6.07) is 10.3. The smallest absolute Gasteiger partial charge is 0.324 e. The highest BCUT2D eigenvalue weighted by Crippen LogP contribution is 2.28. The molecule has 0 aliphatic heterocycles.